The van der Waals surface area contributed by atoms with Crippen LogP contribution < -0.4 is 10.6 Å². The molecule has 0 spiro atoms. The number of benzene rings is 1. The molecule has 0 radical (unpaired) electrons. The normalized spacial score (nSPS) is 14.4. The van der Waals surface area contributed by atoms with E-state index in [1.807, 2.05) is 0 Å². The van der Waals surface area contributed by atoms with Crippen molar-refractivity contribution in [2.75, 3.05) is 40.4 Å². The van der Waals surface area contributed by atoms with Gasteiger partial charge < -0.3 is 15.4 Å². The molecule has 0 aliphatic heterocycles. The van der Waals surface area contributed by atoms with E-state index < -0.39 is 11.6 Å². The van der Waals surface area contributed by atoms with Crippen LogP contribution in [-0.2, 0) is 11.3 Å². The summed E-state index contributed by atoms with van der Waals surface area (Å²) in [6, 6.07) is 4.10. The van der Waals surface area contributed by atoms with E-state index in [-0.39, 0.29) is 36.1 Å². The molecular weight excluding hydrogens is 441 g/mol. The maximum Gasteiger partial charge on any atom is 0.191 e. The van der Waals surface area contributed by atoms with Crippen LogP contribution in [0.3, 0.4) is 0 Å². The van der Waals surface area contributed by atoms with E-state index in [1.165, 1.54) is 18.9 Å². The summed E-state index contributed by atoms with van der Waals surface area (Å²) >= 11 is 0. The number of hydrogen-bond donors (Lipinski definition) is 2. The van der Waals surface area contributed by atoms with Crippen LogP contribution in [0.4, 0.5) is 8.78 Å². The highest BCUT2D eigenvalue weighted by atomic mass is 127. The molecule has 0 atom stereocenters. The van der Waals surface area contributed by atoms with Gasteiger partial charge in [-0.15, -0.1) is 24.0 Å². The van der Waals surface area contributed by atoms with Crippen molar-refractivity contribution < 1.29 is 13.5 Å². The molecule has 0 saturated heterocycles. The zero-order chi connectivity index (χ0) is 17.4. The maximum absolute atomic E-state index is 13.6. The Labute approximate surface area is 165 Å². The lowest BCUT2D eigenvalue weighted by atomic mass is 10.2. The number of hydrogen-bond acceptors (Lipinski definition) is 3. The van der Waals surface area contributed by atoms with Gasteiger partial charge in [-0.25, -0.2) is 8.78 Å². The van der Waals surface area contributed by atoms with Crippen molar-refractivity contribution in [1.29, 1.82) is 0 Å². The summed E-state index contributed by atoms with van der Waals surface area (Å²) in [5.41, 5.74) is 0.276. The first kappa shape index (κ1) is 22.0. The van der Waals surface area contributed by atoms with E-state index in [1.54, 1.807) is 14.2 Å². The molecule has 1 aliphatic rings. The van der Waals surface area contributed by atoms with Gasteiger partial charge in [0.25, 0.3) is 0 Å². The Morgan fingerprint density at radius 1 is 1.28 bits per heavy atom. The number of guanidine groups is 1. The van der Waals surface area contributed by atoms with Gasteiger partial charge in [0, 0.05) is 51.9 Å². The highest BCUT2D eigenvalue weighted by Crippen LogP contribution is 2.25. The van der Waals surface area contributed by atoms with E-state index in [0.29, 0.717) is 12.0 Å². The van der Waals surface area contributed by atoms with Gasteiger partial charge >= 0.3 is 0 Å². The zero-order valence-electron chi connectivity index (χ0n) is 14.7. The number of nitrogens with zero attached hydrogens (tertiary/aromatic N) is 2. The van der Waals surface area contributed by atoms with Crippen molar-refractivity contribution in [3.63, 3.8) is 0 Å². The summed E-state index contributed by atoms with van der Waals surface area (Å²) in [5.74, 6) is -0.311. The Balaban J connectivity index is 0.00000312. The van der Waals surface area contributed by atoms with Crippen molar-refractivity contribution in [2.45, 2.75) is 25.4 Å². The van der Waals surface area contributed by atoms with E-state index in [9.17, 15) is 8.78 Å². The first-order valence-corrected chi connectivity index (χ1v) is 8.25. The molecule has 1 aliphatic carbocycles. The number of nitrogens with one attached hydrogen (secondary N) is 2. The Kier molecular flexibility index (Phi) is 10.2. The minimum Gasteiger partial charge on any atom is -0.383 e. The molecule has 25 heavy (non-hydrogen) atoms. The van der Waals surface area contributed by atoms with Crippen LogP contribution in [0.1, 0.15) is 18.4 Å². The maximum atomic E-state index is 13.6. The third-order valence-corrected chi connectivity index (χ3v) is 4.02. The van der Waals surface area contributed by atoms with Crippen molar-refractivity contribution in [2.24, 2.45) is 4.99 Å². The van der Waals surface area contributed by atoms with Gasteiger partial charge in [-0.1, -0.05) is 0 Å². The lowest BCUT2D eigenvalue weighted by Gasteiger charge is -2.22. The molecule has 0 aromatic heterocycles. The summed E-state index contributed by atoms with van der Waals surface area (Å²) in [5, 5.41) is 6.21. The molecule has 1 aromatic rings. The molecule has 142 valence electrons. The molecular formula is C17H27F2IN4O. The standard InChI is InChI=1S/C17H26F2N4O.HI/c1-20-17(22-12-13-11-14(18)3-6-16(13)19)21-7-8-23(9-10-24-2)15-4-5-15;/h3,6,11,15H,4-5,7-10,12H2,1-2H3,(H2,20,21,22);1H. The predicted molar refractivity (Wildman–Crippen MR) is 106 cm³/mol. The Bertz CT molecular complexity index is 555. The second-order valence-electron chi connectivity index (χ2n) is 5.85. The summed E-state index contributed by atoms with van der Waals surface area (Å²) in [6.07, 6.45) is 2.49. The third-order valence-electron chi connectivity index (χ3n) is 4.02. The first-order valence-electron chi connectivity index (χ1n) is 8.25. The molecule has 0 unspecified atom stereocenters. The van der Waals surface area contributed by atoms with Gasteiger partial charge in [-0.2, -0.15) is 0 Å². The number of halogens is 3. The molecule has 1 aromatic carbocycles. The molecule has 1 saturated carbocycles. The summed E-state index contributed by atoms with van der Waals surface area (Å²) < 4.78 is 31.9. The lowest BCUT2D eigenvalue weighted by molar-refractivity contribution is 0.144. The van der Waals surface area contributed by atoms with E-state index in [0.717, 1.165) is 38.4 Å². The predicted octanol–water partition coefficient (Wildman–Crippen LogP) is 2.36. The molecule has 0 amide bonds. The number of rotatable bonds is 9. The second kappa shape index (κ2) is 11.6. The first-order chi connectivity index (χ1) is 11.6. The van der Waals surface area contributed by atoms with Crippen LogP contribution in [-0.4, -0.2) is 57.3 Å². The minimum absolute atomic E-state index is 0. The van der Waals surface area contributed by atoms with Crippen molar-refractivity contribution in [1.82, 2.24) is 15.5 Å². The fourth-order valence-electron chi connectivity index (χ4n) is 2.52. The van der Waals surface area contributed by atoms with Gasteiger partial charge in [0.1, 0.15) is 11.6 Å². The van der Waals surface area contributed by atoms with Crippen molar-refractivity contribution in [3.8, 4) is 0 Å². The summed E-state index contributed by atoms with van der Waals surface area (Å²) in [6.45, 7) is 3.44. The fraction of sp³-hybridized carbons (Fsp3) is 0.588. The monoisotopic (exact) mass is 468 g/mol. The number of ether oxygens (including phenoxy) is 1. The zero-order valence-corrected chi connectivity index (χ0v) is 17.1. The van der Waals surface area contributed by atoms with Crippen LogP contribution in [0.15, 0.2) is 23.2 Å². The molecule has 2 N–H and O–H groups in total. The van der Waals surface area contributed by atoms with E-state index >= 15 is 0 Å². The van der Waals surface area contributed by atoms with Crippen molar-refractivity contribution in [3.05, 3.63) is 35.4 Å². The Morgan fingerprint density at radius 3 is 2.68 bits per heavy atom. The van der Waals surface area contributed by atoms with Crippen molar-refractivity contribution >= 4 is 29.9 Å². The van der Waals surface area contributed by atoms with Gasteiger partial charge in [-0.3, -0.25) is 9.89 Å². The van der Waals surface area contributed by atoms with Crippen LogP contribution in [0.2, 0.25) is 0 Å². The smallest absolute Gasteiger partial charge is 0.191 e. The van der Waals surface area contributed by atoms with Gasteiger partial charge in [0.2, 0.25) is 0 Å². The van der Waals surface area contributed by atoms with Gasteiger partial charge in [0.05, 0.1) is 6.61 Å². The lowest BCUT2D eigenvalue weighted by Crippen LogP contribution is -2.42. The summed E-state index contributed by atoms with van der Waals surface area (Å²) in [4.78, 5) is 6.51. The molecule has 0 heterocycles. The minimum atomic E-state index is -0.450. The topological polar surface area (TPSA) is 48.9 Å². The van der Waals surface area contributed by atoms with Gasteiger partial charge in [0.15, 0.2) is 5.96 Å². The molecule has 5 nitrogen and oxygen atoms in total. The Morgan fingerprint density at radius 2 is 2.04 bits per heavy atom. The highest BCUT2D eigenvalue weighted by molar-refractivity contribution is 14.0. The highest BCUT2D eigenvalue weighted by Gasteiger charge is 2.28. The molecule has 1 fully saturated rings. The van der Waals surface area contributed by atoms with Crippen LogP contribution >= 0.6 is 24.0 Å². The third kappa shape index (κ3) is 7.83. The average molecular weight is 468 g/mol. The Hall–Kier alpha value is -1.00. The largest absolute Gasteiger partial charge is 0.383 e. The van der Waals surface area contributed by atoms with Crippen LogP contribution in [0.25, 0.3) is 0 Å². The molecule has 0 bridgehead atoms. The quantitative estimate of drug-likeness (QED) is 0.332. The fourth-order valence-corrected chi connectivity index (χ4v) is 2.52. The van der Waals surface area contributed by atoms with Crippen LogP contribution in [0.5, 0.6) is 0 Å². The van der Waals surface area contributed by atoms with E-state index in [4.69, 9.17) is 4.74 Å². The van der Waals surface area contributed by atoms with E-state index in [2.05, 4.69) is 20.5 Å². The summed E-state index contributed by atoms with van der Waals surface area (Å²) in [7, 11) is 3.36. The number of methoxy groups -OCH3 is 1. The second-order valence-corrected chi connectivity index (χ2v) is 5.85. The van der Waals surface area contributed by atoms with Crippen LogP contribution in [0, 0.1) is 11.6 Å². The number of aliphatic imine (C=N–C) groups is 1. The molecule has 2 rings (SSSR count). The molecule has 8 heteroatoms. The SMILES string of the molecule is CN=C(NCCN(CCOC)C1CC1)NCc1cc(F)ccc1F.I. The van der Waals surface area contributed by atoms with Gasteiger partial charge in [-0.05, 0) is 31.0 Å². The average Bonchev–Trinajstić information content (AvgIpc) is 3.41.